The Hall–Kier alpha value is -2.04. The highest BCUT2D eigenvalue weighted by molar-refractivity contribution is 5.81. The van der Waals surface area contributed by atoms with Crippen molar-refractivity contribution in [3.63, 3.8) is 0 Å². The number of benzene rings is 1. The number of aromatic nitrogens is 2. The molecule has 0 saturated heterocycles. The third kappa shape index (κ3) is 2.38. The second kappa shape index (κ2) is 4.45. The van der Waals surface area contributed by atoms with Gasteiger partial charge in [0.05, 0.1) is 17.0 Å². The van der Waals surface area contributed by atoms with Gasteiger partial charge in [0.2, 0.25) is 0 Å². The Balaban J connectivity index is 2.49. The summed E-state index contributed by atoms with van der Waals surface area (Å²) in [5.41, 5.74) is 6.51. The number of ether oxygens (including phenoxy) is 1. The average Bonchev–Trinajstić information content (AvgIpc) is 2.30. The molecule has 0 aliphatic rings. The highest BCUT2D eigenvalue weighted by Crippen LogP contribution is 2.14. The first-order valence-electron chi connectivity index (χ1n) is 5.56. The molecule has 2 rings (SSSR count). The first-order chi connectivity index (χ1) is 8.10. The summed E-state index contributed by atoms with van der Waals surface area (Å²) in [6, 6.07) is 5.28. The number of aromatic amines is 1. The van der Waals surface area contributed by atoms with Gasteiger partial charge in [-0.1, -0.05) is 6.92 Å². The van der Waals surface area contributed by atoms with Gasteiger partial charge in [0.15, 0.2) is 0 Å². The lowest BCUT2D eigenvalue weighted by Crippen LogP contribution is -2.16. The van der Waals surface area contributed by atoms with Crippen molar-refractivity contribution in [2.75, 3.05) is 5.73 Å². The van der Waals surface area contributed by atoms with Gasteiger partial charge in [-0.3, -0.25) is 9.78 Å². The maximum Gasteiger partial charge on any atom is 0.297 e. The van der Waals surface area contributed by atoms with Gasteiger partial charge in [-0.2, -0.15) is 4.98 Å². The number of hydrogen-bond acceptors (Lipinski definition) is 4. The summed E-state index contributed by atoms with van der Waals surface area (Å²) in [5.74, 6) is 0. The summed E-state index contributed by atoms with van der Waals surface area (Å²) in [7, 11) is 0. The summed E-state index contributed by atoms with van der Waals surface area (Å²) in [4.78, 5) is 18.6. The molecule has 2 aromatic rings. The smallest absolute Gasteiger partial charge is 0.297 e. The molecule has 1 atom stereocenters. The van der Waals surface area contributed by atoms with Crippen LogP contribution in [0.3, 0.4) is 0 Å². The Morgan fingerprint density at radius 3 is 3.00 bits per heavy atom. The zero-order valence-electron chi connectivity index (χ0n) is 9.86. The quantitative estimate of drug-likeness (QED) is 0.790. The van der Waals surface area contributed by atoms with Crippen LogP contribution < -0.4 is 16.0 Å². The van der Waals surface area contributed by atoms with E-state index in [9.17, 15) is 4.79 Å². The van der Waals surface area contributed by atoms with E-state index in [-0.39, 0.29) is 17.7 Å². The van der Waals surface area contributed by atoms with Crippen molar-refractivity contribution in [3.8, 4) is 6.01 Å². The molecule has 17 heavy (non-hydrogen) atoms. The molecular weight excluding hydrogens is 218 g/mol. The number of nitrogens with two attached hydrogens (primary N) is 1. The fourth-order valence-electron chi connectivity index (χ4n) is 1.46. The summed E-state index contributed by atoms with van der Waals surface area (Å²) in [6.07, 6.45) is 0.869. The minimum absolute atomic E-state index is 0.0179. The van der Waals surface area contributed by atoms with Gasteiger partial charge in [0.1, 0.15) is 0 Å². The standard InChI is InChI=1S/C12H15N3O2/c1-3-7(2)17-12-14-10-5-4-8(13)6-9(10)11(16)15-12/h4-7H,3,13H2,1-2H3,(H,14,15,16). The van der Waals surface area contributed by atoms with Crippen LogP contribution in [-0.4, -0.2) is 16.1 Å². The monoisotopic (exact) mass is 233 g/mol. The minimum atomic E-state index is -0.236. The summed E-state index contributed by atoms with van der Waals surface area (Å²) in [6.45, 7) is 3.93. The van der Waals surface area contributed by atoms with Gasteiger partial charge in [-0.05, 0) is 31.5 Å². The Morgan fingerprint density at radius 1 is 1.53 bits per heavy atom. The van der Waals surface area contributed by atoms with Crippen LogP contribution in [0, 0.1) is 0 Å². The summed E-state index contributed by atoms with van der Waals surface area (Å²) < 4.78 is 5.48. The van der Waals surface area contributed by atoms with Gasteiger partial charge >= 0.3 is 0 Å². The number of fused-ring (bicyclic) bond motifs is 1. The fraction of sp³-hybridized carbons (Fsp3) is 0.333. The molecular formula is C12H15N3O2. The molecule has 0 aliphatic carbocycles. The maximum atomic E-state index is 11.8. The molecule has 5 heteroatoms. The number of nitrogens with one attached hydrogen (secondary N) is 1. The largest absolute Gasteiger partial charge is 0.462 e. The second-order valence-corrected chi connectivity index (χ2v) is 3.98. The highest BCUT2D eigenvalue weighted by Gasteiger charge is 2.07. The lowest BCUT2D eigenvalue weighted by Gasteiger charge is -2.11. The zero-order chi connectivity index (χ0) is 12.4. The van der Waals surface area contributed by atoms with Crippen molar-refractivity contribution in [1.82, 2.24) is 9.97 Å². The molecule has 1 aromatic carbocycles. The number of anilines is 1. The molecule has 1 heterocycles. The predicted molar refractivity (Wildman–Crippen MR) is 67.2 cm³/mol. The van der Waals surface area contributed by atoms with Crippen LogP contribution >= 0.6 is 0 Å². The number of hydrogen-bond donors (Lipinski definition) is 2. The van der Waals surface area contributed by atoms with E-state index in [0.717, 1.165) is 6.42 Å². The first kappa shape index (κ1) is 11.4. The van der Waals surface area contributed by atoms with Crippen LogP contribution in [0.2, 0.25) is 0 Å². The van der Waals surface area contributed by atoms with Crippen LogP contribution in [0.15, 0.2) is 23.0 Å². The van der Waals surface area contributed by atoms with Gasteiger partial charge in [0.25, 0.3) is 11.6 Å². The maximum absolute atomic E-state index is 11.8. The normalized spacial score (nSPS) is 12.6. The molecule has 0 radical (unpaired) electrons. The van der Waals surface area contributed by atoms with Crippen molar-refractivity contribution in [2.24, 2.45) is 0 Å². The van der Waals surface area contributed by atoms with Crippen molar-refractivity contribution in [1.29, 1.82) is 0 Å². The van der Waals surface area contributed by atoms with Crippen molar-refractivity contribution in [3.05, 3.63) is 28.6 Å². The molecule has 90 valence electrons. The van der Waals surface area contributed by atoms with Crippen molar-refractivity contribution in [2.45, 2.75) is 26.4 Å². The molecule has 0 amide bonds. The fourth-order valence-corrected chi connectivity index (χ4v) is 1.46. The molecule has 0 aliphatic heterocycles. The van der Waals surface area contributed by atoms with Crippen molar-refractivity contribution < 1.29 is 4.74 Å². The Labute approximate surface area is 98.6 Å². The van der Waals surface area contributed by atoms with Crippen molar-refractivity contribution >= 4 is 16.6 Å². The van der Waals surface area contributed by atoms with E-state index in [0.29, 0.717) is 16.6 Å². The molecule has 0 fully saturated rings. The number of rotatable bonds is 3. The second-order valence-electron chi connectivity index (χ2n) is 3.98. The minimum Gasteiger partial charge on any atom is -0.462 e. The molecule has 1 aromatic heterocycles. The van der Waals surface area contributed by atoms with E-state index in [2.05, 4.69) is 9.97 Å². The van der Waals surface area contributed by atoms with E-state index in [4.69, 9.17) is 10.5 Å². The molecule has 5 nitrogen and oxygen atoms in total. The van der Waals surface area contributed by atoms with E-state index >= 15 is 0 Å². The molecule has 0 saturated carbocycles. The Morgan fingerprint density at radius 2 is 2.29 bits per heavy atom. The van der Waals surface area contributed by atoms with Gasteiger partial charge < -0.3 is 10.5 Å². The molecule has 0 spiro atoms. The average molecular weight is 233 g/mol. The zero-order valence-corrected chi connectivity index (χ0v) is 9.86. The Bertz CT molecular complexity index is 592. The van der Waals surface area contributed by atoms with Crippen LogP contribution in [-0.2, 0) is 0 Å². The number of nitrogen functional groups attached to an aromatic ring is 1. The third-order valence-electron chi connectivity index (χ3n) is 2.60. The van der Waals surface area contributed by atoms with Gasteiger partial charge in [-0.15, -0.1) is 0 Å². The summed E-state index contributed by atoms with van der Waals surface area (Å²) >= 11 is 0. The van der Waals surface area contributed by atoms with Crippen LogP contribution in [0.1, 0.15) is 20.3 Å². The van der Waals surface area contributed by atoms with E-state index < -0.39 is 0 Å². The first-order valence-corrected chi connectivity index (χ1v) is 5.56. The van der Waals surface area contributed by atoms with E-state index in [1.54, 1.807) is 18.2 Å². The third-order valence-corrected chi connectivity index (χ3v) is 2.60. The highest BCUT2D eigenvalue weighted by atomic mass is 16.5. The molecule has 1 unspecified atom stereocenters. The van der Waals surface area contributed by atoms with E-state index in [1.165, 1.54) is 0 Å². The molecule has 3 N–H and O–H groups in total. The Kier molecular flexibility index (Phi) is 2.99. The van der Waals surface area contributed by atoms with Crippen LogP contribution in [0.4, 0.5) is 5.69 Å². The lowest BCUT2D eigenvalue weighted by atomic mass is 10.2. The summed E-state index contributed by atoms with van der Waals surface area (Å²) in [5, 5.41) is 0.474. The SMILES string of the molecule is CCC(C)Oc1nc2ccc(N)cc2c(=O)[nH]1. The van der Waals surface area contributed by atoms with Gasteiger partial charge in [-0.25, -0.2) is 0 Å². The van der Waals surface area contributed by atoms with Crippen LogP contribution in [0.25, 0.3) is 10.9 Å². The number of nitrogens with zero attached hydrogens (tertiary/aromatic N) is 1. The lowest BCUT2D eigenvalue weighted by molar-refractivity contribution is 0.199. The van der Waals surface area contributed by atoms with Crippen LogP contribution in [0.5, 0.6) is 6.01 Å². The number of H-pyrrole nitrogens is 1. The van der Waals surface area contributed by atoms with E-state index in [1.807, 2.05) is 13.8 Å². The topological polar surface area (TPSA) is 81.0 Å². The molecule has 0 bridgehead atoms. The predicted octanol–water partition coefficient (Wildman–Crippen LogP) is 1.68. The van der Waals surface area contributed by atoms with Gasteiger partial charge in [0, 0.05) is 5.69 Å².